The Kier molecular flexibility index (Phi) is 4.52. The van der Waals surface area contributed by atoms with Gasteiger partial charge >= 0.3 is 0 Å². The largest absolute Gasteiger partial charge is 0.494 e. The van der Waals surface area contributed by atoms with E-state index in [1.807, 2.05) is 25.1 Å². The number of nitrogens with one attached hydrogen (secondary N) is 1. The molecule has 0 atom stereocenters. The van der Waals surface area contributed by atoms with E-state index in [0.717, 1.165) is 5.75 Å². The van der Waals surface area contributed by atoms with Crippen LogP contribution in [0.3, 0.4) is 0 Å². The lowest BCUT2D eigenvalue weighted by Gasteiger charge is -2.08. The number of hydrogen-bond donors (Lipinski definition) is 1. The molecule has 98 valence electrons. The van der Waals surface area contributed by atoms with Gasteiger partial charge < -0.3 is 10.1 Å². The highest BCUT2D eigenvalue weighted by molar-refractivity contribution is 9.10. The standard InChI is InChI=1S/C14H13BrN2O2/c1-2-19-11-6-3-5-10(9-11)17-14(18)12-7-4-8-16-13(12)15/h3-9H,2H2,1H3,(H,17,18). The van der Waals surface area contributed by atoms with Crippen LogP contribution in [0, 0.1) is 0 Å². The zero-order valence-electron chi connectivity index (χ0n) is 10.4. The van der Waals surface area contributed by atoms with Gasteiger partial charge in [-0.15, -0.1) is 0 Å². The quantitative estimate of drug-likeness (QED) is 0.877. The lowest BCUT2D eigenvalue weighted by molar-refractivity contribution is 0.102. The minimum atomic E-state index is -0.214. The smallest absolute Gasteiger partial charge is 0.258 e. The van der Waals surface area contributed by atoms with Crippen LogP contribution in [-0.4, -0.2) is 17.5 Å². The zero-order valence-corrected chi connectivity index (χ0v) is 12.0. The van der Waals surface area contributed by atoms with E-state index >= 15 is 0 Å². The van der Waals surface area contributed by atoms with Gasteiger partial charge in [0.15, 0.2) is 0 Å². The number of anilines is 1. The van der Waals surface area contributed by atoms with Crippen molar-refractivity contribution in [3.05, 3.63) is 52.8 Å². The highest BCUT2D eigenvalue weighted by Crippen LogP contribution is 2.19. The Bertz CT molecular complexity index is 587. The summed E-state index contributed by atoms with van der Waals surface area (Å²) in [5.41, 5.74) is 1.18. The maximum Gasteiger partial charge on any atom is 0.258 e. The number of amides is 1. The van der Waals surface area contributed by atoms with Crippen molar-refractivity contribution < 1.29 is 9.53 Å². The number of ether oxygens (including phenoxy) is 1. The molecule has 0 radical (unpaired) electrons. The Morgan fingerprint density at radius 1 is 1.37 bits per heavy atom. The summed E-state index contributed by atoms with van der Waals surface area (Å²) in [6.07, 6.45) is 1.62. The second kappa shape index (κ2) is 6.33. The van der Waals surface area contributed by atoms with E-state index in [2.05, 4.69) is 26.2 Å². The third-order valence-corrected chi connectivity index (χ3v) is 3.04. The molecule has 1 heterocycles. The molecule has 0 saturated carbocycles. The third kappa shape index (κ3) is 3.54. The SMILES string of the molecule is CCOc1cccc(NC(=O)c2cccnc2Br)c1. The number of nitrogens with zero attached hydrogens (tertiary/aromatic N) is 1. The molecule has 1 amide bonds. The first-order valence-electron chi connectivity index (χ1n) is 5.85. The van der Waals surface area contributed by atoms with Gasteiger partial charge in [0.2, 0.25) is 0 Å². The maximum atomic E-state index is 12.1. The molecular formula is C14H13BrN2O2. The fourth-order valence-electron chi connectivity index (χ4n) is 1.58. The van der Waals surface area contributed by atoms with Gasteiger partial charge in [-0.2, -0.15) is 0 Å². The number of benzene rings is 1. The Morgan fingerprint density at radius 2 is 2.21 bits per heavy atom. The molecule has 0 aliphatic heterocycles. The molecular weight excluding hydrogens is 308 g/mol. The van der Waals surface area contributed by atoms with Crippen molar-refractivity contribution in [2.75, 3.05) is 11.9 Å². The number of hydrogen-bond acceptors (Lipinski definition) is 3. The van der Waals surface area contributed by atoms with Crippen LogP contribution >= 0.6 is 15.9 Å². The Hall–Kier alpha value is -1.88. The van der Waals surface area contributed by atoms with Crippen molar-refractivity contribution in [3.63, 3.8) is 0 Å². The first-order chi connectivity index (χ1) is 9.20. The number of halogens is 1. The molecule has 0 fully saturated rings. The van der Waals surface area contributed by atoms with Crippen LogP contribution in [0.5, 0.6) is 5.75 Å². The predicted molar refractivity (Wildman–Crippen MR) is 77.5 cm³/mol. The van der Waals surface area contributed by atoms with E-state index in [1.165, 1.54) is 0 Å². The Balaban J connectivity index is 2.15. The molecule has 5 heteroatoms. The lowest BCUT2D eigenvalue weighted by Crippen LogP contribution is -2.13. The number of aromatic nitrogens is 1. The van der Waals surface area contributed by atoms with Crippen LogP contribution in [0.15, 0.2) is 47.2 Å². The van der Waals surface area contributed by atoms with Crippen LogP contribution in [-0.2, 0) is 0 Å². The Labute approximate surface area is 119 Å². The zero-order chi connectivity index (χ0) is 13.7. The molecule has 4 nitrogen and oxygen atoms in total. The van der Waals surface area contributed by atoms with Crippen molar-refractivity contribution in [2.45, 2.75) is 6.92 Å². The number of pyridine rings is 1. The average molecular weight is 321 g/mol. The summed E-state index contributed by atoms with van der Waals surface area (Å²) < 4.78 is 5.91. The number of carbonyl (C=O) groups is 1. The minimum absolute atomic E-state index is 0.214. The van der Waals surface area contributed by atoms with E-state index in [4.69, 9.17) is 4.74 Å². The van der Waals surface area contributed by atoms with Gasteiger partial charge in [-0.05, 0) is 47.1 Å². The minimum Gasteiger partial charge on any atom is -0.494 e. The molecule has 19 heavy (non-hydrogen) atoms. The van der Waals surface area contributed by atoms with E-state index in [0.29, 0.717) is 22.5 Å². The summed E-state index contributed by atoms with van der Waals surface area (Å²) in [5.74, 6) is 0.513. The summed E-state index contributed by atoms with van der Waals surface area (Å²) in [5, 5.41) is 2.81. The number of rotatable bonds is 4. The fourth-order valence-corrected chi connectivity index (χ4v) is 2.01. The topological polar surface area (TPSA) is 51.2 Å². The highest BCUT2D eigenvalue weighted by Gasteiger charge is 2.10. The molecule has 0 unspecified atom stereocenters. The number of carbonyl (C=O) groups excluding carboxylic acids is 1. The maximum absolute atomic E-state index is 12.1. The summed E-state index contributed by atoms with van der Waals surface area (Å²) in [6, 6.07) is 10.7. The van der Waals surface area contributed by atoms with Crippen molar-refractivity contribution in [3.8, 4) is 5.75 Å². The molecule has 0 saturated heterocycles. The predicted octanol–water partition coefficient (Wildman–Crippen LogP) is 3.50. The highest BCUT2D eigenvalue weighted by atomic mass is 79.9. The van der Waals surface area contributed by atoms with Crippen molar-refractivity contribution in [1.29, 1.82) is 0 Å². The van der Waals surface area contributed by atoms with Gasteiger partial charge in [0, 0.05) is 18.0 Å². The molecule has 2 aromatic rings. The van der Waals surface area contributed by atoms with E-state index in [1.54, 1.807) is 24.4 Å². The van der Waals surface area contributed by atoms with Gasteiger partial charge in [0.05, 0.1) is 12.2 Å². The summed E-state index contributed by atoms with van der Waals surface area (Å²) in [7, 11) is 0. The van der Waals surface area contributed by atoms with Crippen LogP contribution in [0.25, 0.3) is 0 Å². The second-order valence-electron chi connectivity index (χ2n) is 3.76. The normalized spacial score (nSPS) is 10.0. The van der Waals surface area contributed by atoms with E-state index in [9.17, 15) is 4.79 Å². The first-order valence-corrected chi connectivity index (χ1v) is 6.64. The van der Waals surface area contributed by atoms with Gasteiger partial charge in [0.25, 0.3) is 5.91 Å². The molecule has 1 N–H and O–H groups in total. The van der Waals surface area contributed by atoms with Crippen LogP contribution in [0.1, 0.15) is 17.3 Å². The summed E-state index contributed by atoms with van der Waals surface area (Å²) in [4.78, 5) is 16.1. The molecule has 0 spiro atoms. The van der Waals surface area contributed by atoms with Gasteiger partial charge in [-0.1, -0.05) is 6.07 Å². The van der Waals surface area contributed by atoms with Crippen molar-refractivity contribution in [1.82, 2.24) is 4.98 Å². The van der Waals surface area contributed by atoms with Gasteiger partial charge in [-0.25, -0.2) is 4.98 Å². The van der Waals surface area contributed by atoms with Crippen LogP contribution in [0.4, 0.5) is 5.69 Å². The molecule has 0 aliphatic rings. The van der Waals surface area contributed by atoms with Gasteiger partial charge in [-0.3, -0.25) is 4.79 Å². The molecule has 1 aromatic carbocycles. The Morgan fingerprint density at radius 3 is 2.95 bits per heavy atom. The second-order valence-corrected chi connectivity index (χ2v) is 4.51. The lowest BCUT2D eigenvalue weighted by atomic mass is 10.2. The van der Waals surface area contributed by atoms with Crippen molar-refractivity contribution in [2.24, 2.45) is 0 Å². The summed E-state index contributed by atoms with van der Waals surface area (Å²) in [6.45, 7) is 2.50. The third-order valence-electron chi connectivity index (χ3n) is 2.41. The molecule has 1 aromatic heterocycles. The van der Waals surface area contributed by atoms with Gasteiger partial charge in [0.1, 0.15) is 10.4 Å². The van der Waals surface area contributed by atoms with E-state index in [-0.39, 0.29) is 5.91 Å². The molecule has 2 rings (SSSR count). The fraction of sp³-hybridized carbons (Fsp3) is 0.143. The average Bonchev–Trinajstić information content (AvgIpc) is 2.40. The molecule has 0 aliphatic carbocycles. The van der Waals surface area contributed by atoms with E-state index < -0.39 is 0 Å². The molecule has 0 bridgehead atoms. The van der Waals surface area contributed by atoms with Crippen molar-refractivity contribution >= 4 is 27.5 Å². The first kappa shape index (κ1) is 13.5. The van der Waals surface area contributed by atoms with Crippen LogP contribution in [0.2, 0.25) is 0 Å². The monoisotopic (exact) mass is 320 g/mol. The van der Waals surface area contributed by atoms with Crippen LogP contribution < -0.4 is 10.1 Å². The summed E-state index contributed by atoms with van der Waals surface area (Å²) >= 11 is 3.25.